The first-order valence-corrected chi connectivity index (χ1v) is 8.33. The molecule has 1 aromatic heterocycles. The van der Waals surface area contributed by atoms with Crippen LogP contribution in [0.25, 0.3) is 16.6 Å². The van der Waals surface area contributed by atoms with Crippen molar-refractivity contribution in [1.82, 2.24) is 4.57 Å². The third-order valence-corrected chi connectivity index (χ3v) is 4.32. The van der Waals surface area contributed by atoms with Crippen LogP contribution in [-0.2, 0) is 6.61 Å². The van der Waals surface area contributed by atoms with Crippen LogP contribution in [0.4, 0.5) is 0 Å². The Bertz CT molecular complexity index is 1050. The fourth-order valence-corrected chi connectivity index (χ4v) is 2.99. The quantitative estimate of drug-likeness (QED) is 0.560. The number of aromatic carboxylic acids is 1. The van der Waals surface area contributed by atoms with Crippen LogP contribution in [0.3, 0.4) is 0 Å². The van der Waals surface area contributed by atoms with Crippen molar-refractivity contribution in [2.45, 2.75) is 6.61 Å². The molecule has 0 atom stereocenters. The van der Waals surface area contributed by atoms with Crippen LogP contribution >= 0.6 is 0 Å². The molecule has 0 aliphatic carbocycles. The van der Waals surface area contributed by atoms with Gasteiger partial charge in [-0.1, -0.05) is 36.4 Å². The molecule has 0 aliphatic heterocycles. The SMILES string of the molecule is O=C(O)c1ccc(-n2ccc3c(OCc4ccccc4)cccc32)cc1. The maximum Gasteiger partial charge on any atom is 0.335 e. The molecule has 0 fully saturated rings. The Kier molecular flexibility index (Phi) is 4.15. The summed E-state index contributed by atoms with van der Waals surface area (Å²) in [4.78, 5) is 11.0. The summed E-state index contributed by atoms with van der Waals surface area (Å²) in [7, 11) is 0. The van der Waals surface area contributed by atoms with Gasteiger partial charge in [-0.3, -0.25) is 0 Å². The smallest absolute Gasteiger partial charge is 0.335 e. The summed E-state index contributed by atoms with van der Waals surface area (Å²) >= 11 is 0. The van der Waals surface area contributed by atoms with Gasteiger partial charge in [-0.2, -0.15) is 0 Å². The van der Waals surface area contributed by atoms with E-state index in [1.54, 1.807) is 24.3 Å². The fourth-order valence-electron chi connectivity index (χ4n) is 2.99. The number of carbonyl (C=O) groups is 1. The van der Waals surface area contributed by atoms with Crippen LogP contribution in [0.1, 0.15) is 15.9 Å². The number of nitrogens with zero attached hydrogens (tertiary/aromatic N) is 1. The minimum Gasteiger partial charge on any atom is -0.488 e. The van der Waals surface area contributed by atoms with E-state index in [0.717, 1.165) is 27.9 Å². The van der Waals surface area contributed by atoms with Crippen LogP contribution in [-0.4, -0.2) is 15.6 Å². The summed E-state index contributed by atoms with van der Waals surface area (Å²) < 4.78 is 8.04. The summed E-state index contributed by atoms with van der Waals surface area (Å²) in [5.41, 5.74) is 3.31. The fraction of sp³-hybridized carbons (Fsp3) is 0.0455. The Labute approximate surface area is 150 Å². The predicted molar refractivity (Wildman–Crippen MR) is 101 cm³/mol. The maximum absolute atomic E-state index is 11.0. The summed E-state index contributed by atoms with van der Waals surface area (Å²) in [5.74, 6) is -0.0993. The summed E-state index contributed by atoms with van der Waals surface area (Å²) in [5, 5.41) is 10.1. The molecule has 1 heterocycles. The van der Waals surface area contributed by atoms with Crippen molar-refractivity contribution in [2.75, 3.05) is 0 Å². The van der Waals surface area contributed by atoms with Gasteiger partial charge < -0.3 is 14.4 Å². The molecule has 26 heavy (non-hydrogen) atoms. The van der Waals surface area contributed by atoms with E-state index in [2.05, 4.69) is 0 Å². The second-order valence-corrected chi connectivity index (χ2v) is 6.00. The average Bonchev–Trinajstić information content (AvgIpc) is 3.12. The molecule has 4 heteroatoms. The zero-order valence-electron chi connectivity index (χ0n) is 14.0. The van der Waals surface area contributed by atoms with Gasteiger partial charge in [-0.25, -0.2) is 4.79 Å². The molecule has 4 rings (SSSR count). The summed E-state index contributed by atoms with van der Waals surface area (Å²) in [6.07, 6.45) is 1.97. The van der Waals surface area contributed by atoms with Crippen molar-refractivity contribution < 1.29 is 14.6 Å². The van der Waals surface area contributed by atoms with Crippen molar-refractivity contribution in [1.29, 1.82) is 0 Å². The lowest BCUT2D eigenvalue weighted by molar-refractivity contribution is 0.0697. The average molecular weight is 343 g/mol. The number of carboxylic acid groups (broad SMARTS) is 1. The van der Waals surface area contributed by atoms with Gasteiger partial charge in [0.15, 0.2) is 0 Å². The van der Waals surface area contributed by atoms with Gasteiger partial charge >= 0.3 is 5.97 Å². The van der Waals surface area contributed by atoms with Gasteiger partial charge in [0.2, 0.25) is 0 Å². The third kappa shape index (κ3) is 3.05. The molecular formula is C22H17NO3. The Morgan fingerprint density at radius 1 is 0.885 bits per heavy atom. The molecule has 3 aromatic carbocycles. The molecule has 128 valence electrons. The molecular weight excluding hydrogens is 326 g/mol. The minimum atomic E-state index is -0.925. The van der Waals surface area contributed by atoms with Gasteiger partial charge in [0, 0.05) is 17.3 Å². The number of fused-ring (bicyclic) bond motifs is 1. The van der Waals surface area contributed by atoms with E-state index >= 15 is 0 Å². The van der Waals surface area contributed by atoms with E-state index in [1.807, 2.05) is 65.4 Å². The van der Waals surface area contributed by atoms with Crippen molar-refractivity contribution in [3.63, 3.8) is 0 Å². The normalized spacial score (nSPS) is 10.8. The zero-order valence-corrected chi connectivity index (χ0v) is 14.0. The molecule has 0 amide bonds. The van der Waals surface area contributed by atoms with Crippen LogP contribution in [0.5, 0.6) is 5.75 Å². The second-order valence-electron chi connectivity index (χ2n) is 6.00. The highest BCUT2D eigenvalue weighted by Gasteiger charge is 2.09. The zero-order chi connectivity index (χ0) is 17.9. The number of aromatic nitrogens is 1. The number of ether oxygens (including phenoxy) is 1. The molecule has 0 saturated carbocycles. The van der Waals surface area contributed by atoms with E-state index in [0.29, 0.717) is 6.61 Å². The number of hydrogen-bond donors (Lipinski definition) is 1. The lowest BCUT2D eigenvalue weighted by atomic mass is 10.2. The van der Waals surface area contributed by atoms with E-state index in [1.165, 1.54) is 0 Å². The van der Waals surface area contributed by atoms with Crippen LogP contribution < -0.4 is 4.74 Å². The molecule has 0 radical (unpaired) electrons. The van der Waals surface area contributed by atoms with Crippen LogP contribution in [0.15, 0.2) is 85.1 Å². The molecule has 0 spiro atoms. The van der Waals surface area contributed by atoms with Crippen LogP contribution in [0, 0.1) is 0 Å². The van der Waals surface area contributed by atoms with Gasteiger partial charge in [-0.15, -0.1) is 0 Å². The Morgan fingerprint density at radius 3 is 2.38 bits per heavy atom. The first kappa shape index (κ1) is 16.0. The second kappa shape index (κ2) is 6.76. The minimum absolute atomic E-state index is 0.275. The molecule has 0 aliphatic rings. The summed E-state index contributed by atoms with van der Waals surface area (Å²) in [6.45, 7) is 0.512. The van der Waals surface area contributed by atoms with E-state index in [4.69, 9.17) is 9.84 Å². The van der Waals surface area contributed by atoms with Gasteiger partial charge in [0.1, 0.15) is 12.4 Å². The Morgan fingerprint density at radius 2 is 1.65 bits per heavy atom. The maximum atomic E-state index is 11.0. The topological polar surface area (TPSA) is 51.5 Å². The highest BCUT2D eigenvalue weighted by molar-refractivity contribution is 5.89. The Hall–Kier alpha value is -3.53. The molecule has 0 unspecified atom stereocenters. The predicted octanol–water partition coefficient (Wildman–Crippen LogP) is 4.91. The third-order valence-electron chi connectivity index (χ3n) is 4.32. The number of hydrogen-bond acceptors (Lipinski definition) is 2. The van der Waals surface area contributed by atoms with E-state index < -0.39 is 5.97 Å². The largest absolute Gasteiger partial charge is 0.488 e. The lowest BCUT2D eigenvalue weighted by Crippen LogP contribution is -1.98. The van der Waals surface area contributed by atoms with Crippen molar-refractivity contribution in [3.05, 3.63) is 96.2 Å². The van der Waals surface area contributed by atoms with Gasteiger partial charge in [0.05, 0.1) is 11.1 Å². The highest BCUT2D eigenvalue weighted by atomic mass is 16.5. The van der Waals surface area contributed by atoms with Gasteiger partial charge in [-0.05, 0) is 48.0 Å². The Balaban J connectivity index is 1.65. The lowest BCUT2D eigenvalue weighted by Gasteiger charge is -2.09. The molecule has 1 N–H and O–H groups in total. The molecule has 0 bridgehead atoms. The first-order chi connectivity index (χ1) is 12.7. The monoisotopic (exact) mass is 343 g/mol. The first-order valence-electron chi connectivity index (χ1n) is 8.33. The van der Waals surface area contributed by atoms with E-state index in [9.17, 15) is 4.79 Å². The number of carboxylic acids is 1. The highest BCUT2D eigenvalue weighted by Crippen LogP contribution is 2.29. The molecule has 4 aromatic rings. The van der Waals surface area contributed by atoms with Crippen molar-refractivity contribution in [3.8, 4) is 11.4 Å². The number of rotatable bonds is 5. The van der Waals surface area contributed by atoms with Crippen molar-refractivity contribution >= 4 is 16.9 Å². The standard InChI is InChI=1S/C22H17NO3/c24-22(25)17-9-11-18(12-10-17)23-14-13-19-20(23)7-4-8-21(19)26-15-16-5-2-1-3-6-16/h1-14H,15H2,(H,24,25). The molecule has 4 nitrogen and oxygen atoms in total. The van der Waals surface area contributed by atoms with Crippen molar-refractivity contribution in [2.24, 2.45) is 0 Å². The summed E-state index contributed by atoms with van der Waals surface area (Å²) in [6, 6.07) is 24.8. The molecule has 0 saturated heterocycles. The number of benzene rings is 3. The van der Waals surface area contributed by atoms with Gasteiger partial charge in [0.25, 0.3) is 0 Å². The van der Waals surface area contributed by atoms with E-state index in [-0.39, 0.29) is 5.56 Å². The van der Waals surface area contributed by atoms with Crippen LogP contribution in [0.2, 0.25) is 0 Å².